The van der Waals surface area contributed by atoms with Crippen molar-refractivity contribution >= 4 is 29.1 Å². The number of anilines is 1. The summed E-state index contributed by atoms with van der Waals surface area (Å²) in [5.41, 5.74) is 7.31. The number of likely N-dealkylation sites (tertiary alicyclic amines) is 2. The van der Waals surface area contributed by atoms with Gasteiger partial charge in [-0.15, -0.1) is 0 Å². The Balaban J connectivity index is 1.28. The van der Waals surface area contributed by atoms with E-state index in [-0.39, 0.29) is 24.0 Å². The lowest BCUT2D eigenvalue weighted by Gasteiger charge is -2.41. The number of halogens is 1. The van der Waals surface area contributed by atoms with Crippen molar-refractivity contribution in [2.45, 2.75) is 31.4 Å². The fourth-order valence-electron chi connectivity index (χ4n) is 5.16. The molecular weight excluding hydrogens is 480 g/mol. The van der Waals surface area contributed by atoms with Crippen LogP contribution in [-0.4, -0.2) is 80.7 Å². The van der Waals surface area contributed by atoms with Gasteiger partial charge in [-0.2, -0.15) is 0 Å². The van der Waals surface area contributed by atoms with Crippen LogP contribution in [0.15, 0.2) is 42.5 Å². The fourth-order valence-corrected chi connectivity index (χ4v) is 5.32. The van der Waals surface area contributed by atoms with Crippen molar-refractivity contribution in [2.75, 3.05) is 52.7 Å². The van der Waals surface area contributed by atoms with E-state index in [0.29, 0.717) is 27.9 Å². The van der Waals surface area contributed by atoms with Crippen molar-refractivity contribution < 1.29 is 19.1 Å². The molecule has 4 rings (SSSR count). The van der Waals surface area contributed by atoms with Gasteiger partial charge in [0.15, 0.2) is 0 Å². The number of amides is 2. The first-order valence-corrected chi connectivity index (χ1v) is 12.8. The maximum Gasteiger partial charge on any atom is 0.255 e. The molecule has 36 heavy (non-hydrogen) atoms. The summed E-state index contributed by atoms with van der Waals surface area (Å²) in [6.07, 6.45) is 2.63. The second kappa shape index (κ2) is 12.0. The zero-order valence-corrected chi connectivity index (χ0v) is 21.7. The summed E-state index contributed by atoms with van der Waals surface area (Å²) in [5, 5.41) is 3.42. The largest absolute Gasteiger partial charge is 0.496 e. The third-order valence-corrected chi connectivity index (χ3v) is 7.59. The molecule has 2 aliphatic heterocycles. The summed E-state index contributed by atoms with van der Waals surface area (Å²) >= 11 is 6.14. The molecule has 2 amide bonds. The minimum absolute atomic E-state index is 0.115. The first kappa shape index (κ1) is 26.3. The number of rotatable bonds is 7. The van der Waals surface area contributed by atoms with Crippen LogP contribution in [0.25, 0.3) is 0 Å². The molecule has 9 heteroatoms. The van der Waals surface area contributed by atoms with Crippen LogP contribution in [0.1, 0.15) is 40.0 Å². The number of piperidine rings is 2. The number of carbonyl (C=O) groups excluding carboxylic acids is 2. The molecule has 8 nitrogen and oxygen atoms in total. The number of benzene rings is 2. The van der Waals surface area contributed by atoms with Gasteiger partial charge in [0.2, 0.25) is 0 Å². The summed E-state index contributed by atoms with van der Waals surface area (Å²) < 4.78 is 11.1. The average molecular weight is 515 g/mol. The van der Waals surface area contributed by atoms with Gasteiger partial charge < -0.3 is 30.3 Å². The van der Waals surface area contributed by atoms with Crippen molar-refractivity contribution in [3.63, 3.8) is 0 Å². The van der Waals surface area contributed by atoms with Gasteiger partial charge in [0, 0.05) is 51.5 Å². The molecule has 2 aromatic rings. The molecule has 0 saturated carbocycles. The Kier molecular flexibility index (Phi) is 8.72. The Labute approximate surface area is 217 Å². The van der Waals surface area contributed by atoms with Gasteiger partial charge in [0.1, 0.15) is 5.75 Å². The summed E-state index contributed by atoms with van der Waals surface area (Å²) in [4.78, 5) is 30.1. The Morgan fingerprint density at radius 1 is 1.08 bits per heavy atom. The lowest BCUT2D eigenvalue weighted by atomic mass is 9.93. The number of carbonyl (C=O) groups is 2. The molecular formula is C27H35ClN4O4. The van der Waals surface area contributed by atoms with Crippen LogP contribution in [0.4, 0.5) is 5.69 Å². The molecule has 2 aliphatic rings. The number of nitrogens with zero attached hydrogens (tertiary/aromatic N) is 2. The quantitative estimate of drug-likeness (QED) is 0.550. The van der Waals surface area contributed by atoms with Crippen molar-refractivity contribution in [1.82, 2.24) is 15.1 Å². The van der Waals surface area contributed by atoms with Crippen molar-refractivity contribution in [1.29, 1.82) is 0 Å². The number of hydrogen-bond acceptors (Lipinski definition) is 6. The van der Waals surface area contributed by atoms with Gasteiger partial charge >= 0.3 is 0 Å². The molecule has 3 N–H and O–H groups in total. The highest BCUT2D eigenvalue weighted by molar-refractivity contribution is 6.33. The average Bonchev–Trinajstić information content (AvgIpc) is 2.91. The number of ether oxygens (including phenoxy) is 2. The van der Waals surface area contributed by atoms with Crippen LogP contribution in [0.3, 0.4) is 0 Å². The van der Waals surface area contributed by atoms with Gasteiger partial charge in [-0.05, 0) is 43.4 Å². The van der Waals surface area contributed by atoms with Gasteiger partial charge in [-0.25, -0.2) is 0 Å². The lowest BCUT2D eigenvalue weighted by molar-refractivity contribution is -0.00110. The molecule has 2 aromatic carbocycles. The van der Waals surface area contributed by atoms with Crippen LogP contribution in [0, 0.1) is 5.92 Å². The zero-order valence-electron chi connectivity index (χ0n) is 20.9. The Morgan fingerprint density at radius 3 is 2.47 bits per heavy atom. The highest BCUT2D eigenvalue weighted by Crippen LogP contribution is 2.29. The summed E-state index contributed by atoms with van der Waals surface area (Å²) in [6.45, 7) is 4.14. The number of methoxy groups -OCH3 is 2. The first-order chi connectivity index (χ1) is 17.4. The predicted octanol–water partition coefficient (Wildman–Crippen LogP) is 3.30. The molecule has 2 fully saturated rings. The molecule has 2 atom stereocenters. The predicted molar refractivity (Wildman–Crippen MR) is 141 cm³/mol. The fraction of sp³-hybridized carbons (Fsp3) is 0.481. The van der Waals surface area contributed by atoms with Gasteiger partial charge in [0.05, 0.1) is 35.5 Å². The molecule has 0 unspecified atom stereocenters. The van der Waals surface area contributed by atoms with E-state index >= 15 is 0 Å². The summed E-state index contributed by atoms with van der Waals surface area (Å²) in [6, 6.07) is 12.5. The van der Waals surface area contributed by atoms with Crippen LogP contribution in [0.5, 0.6) is 5.75 Å². The Hall–Kier alpha value is -2.81. The van der Waals surface area contributed by atoms with Crippen LogP contribution in [-0.2, 0) is 4.74 Å². The Bertz CT molecular complexity index is 1060. The van der Waals surface area contributed by atoms with Crippen molar-refractivity contribution in [3.8, 4) is 5.75 Å². The molecule has 2 saturated heterocycles. The molecule has 0 radical (unpaired) electrons. The van der Waals surface area contributed by atoms with Crippen LogP contribution in [0.2, 0.25) is 5.02 Å². The van der Waals surface area contributed by atoms with Gasteiger partial charge in [0.25, 0.3) is 11.8 Å². The molecule has 2 heterocycles. The zero-order chi connectivity index (χ0) is 25.7. The van der Waals surface area contributed by atoms with E-state index in [1.165, 1.54) is 13.2 Å². The highest BCUT2D eigenvalue weighted by Gasteiger charge is 2.33. The third-order valence-electron chi connectivity index (χ3n) is 7.26. The van der Waals surface area contributed by atoms with Gasteiger partial charge in [-0.1, -0.05) is 29.8 Å². The summed E-state index contributed by atoms with van der Waals surface area (Å²) in [7, 11) is 3.18. The normalized spacial score (nSPS) is 21.2. The van der Waals surface area contributed by atoms with Crippen molar-refractivity contribution in [2.24, 2.45) is 5.92 Å². The van der Waals surface area contributed by atoms with Crippen LogP contribution >= 0.6 is 11.6 Å². The highest BCUT2D eigenvalue weighted by atomic mass is 35.5. The van der Waals surface area contributed by atoms with E-state index in [4.69, 9.17) is 26.8 Å². The summed E-state index contributed by atoms with van der Waals surface area (Å²) in [5.74, 6) is 0.779. The van der Waals surface area contributed by atoms with Gasteiger partial charge in [-0.3, -0.25) is 9.59 Å². The van der Waals surface area contributed by atoms with Crippen LogP contribution < -0.4 is 15.8 Å². The maximum absolute atomic E-state index is 13.0. The number of nitrogen functional groups attached to an aromatic ring is 1. The molecule has 0 spiro atoms. The van der Waals surface area contributed by atoms with E-state index < -0.39 is 0 Å². The van der Waals surface area contributed by atoms with E-state index in [2.05, 4.69) is 10.2 Å². The monoisotopic (exact) mass is 514 g/mol. The number of hydrogen-bond donors (Lipinski definition) is 2. The van der Waals surface area contributed by atoms with Crippen molar-refractivity contribution in [3.05, 3.63) is 58.6 Å². The standard InChI is InChI=1S/C27H35ClN4O4/c1-35-24-15-22(29)21(28)14-20(24)26(33)30-23-10-11-31(17-25(23)36-2)16-18-8-12-32(13-9-18)27(34)19-6-4-3-5-7-19/h3-7,14-15,18,23,25H,8-13,16-17,29H2,1-2H3,(H,30,33)/t23-,25+/m1/s1. The topological polar surface area (TPSA) is 97.1 Å². The Morgan fingerprint density at radius 2 is 1.81 bits per heavy atom. The number of nitrogens with one attached hydrogen (secondary N) is 1. The minimum atomic E-state index is -0.260. The second-order valence-corrected chi connectivity index (χ2v) is 9.99. The smallest absolute Gasteiger partial charge is 0.255 e. The SMILES string of the molecule is COc1cc(N)c(Cl)cc1C(=O)N[C@@H]1CCN(CC2CCN(C(=O)c3ccccc3)CC2)C[C@@H]1OC. The van der Waals surface area contributed by atoms with E-state index in [1.54, 1.807) is 13.2 Å². The van der Waals surface area contributed by atoms with E-state index in [9.17, 15) is 9.59 Å². The lowest BCUT2D eigenvalue weighted by Crippen LogP contribution is -2.55. The maximum atomic E-state index is 13.0. The molecule has 194 valence electrons. The third kappa shape index (κ3) is 6.11. The van der Waals surface area contributed by atoms with E-state index in [0.717, 1.165) is 57.5 Å². The van der Waals surface area contributed by atoms with E-state index in [1.807, 2.05) is 35.2 Å². The minimum Gasteiger partial charge on any atom is -0.496 e. The second-order valence-electron chi connectivity index (χ2n) is 9.58. The first-order valence-electron chi connectivity index (χ1n) is 12.4. The molecule has 0 aromatic heterocycles. The number of nitrogens with two attached hydrogens (primary N) is 1. The molecule has 0 aliphatic carbocycles. The molecule has 0 bridgehead atoms.